The van der Waals surface area contributed by atoms with Crippen LogP contribution < -0.4 is 18.1 Å². The Morgan fingerprint density at radius 2 is 1.08 bits per heavy atom. The van der Waals surface area contributed by atoms with Gasteiger partial charge < -0.3 is 10.2 Å². The fraction of sp³-hybridized carbons (Fsp3) is 0.243. The zero-order chi connectivity index (χ0) is 38.5. The molecule has 4 aromatic carbocycles. The van der Waals surface area contributed by atoms with E-state index in [1.807, 2.05) is 40.6 Å². The minimum absolute atomic E-state index is 0.00826. The summed E-state index contributed by atoms with van der Waals surface area (Å²) in [5, 5.41) is 20.5. The Kier molecular flexibility index (Phi) is 11.5. The molecule has 2 saturated heterocycles. The van der Waals surface area contributed by atoms with E-state index < -0.39 is 32.2 Å². The normalized spacial score (nSPS) is 16.9. The second-order valence-electron chi connectivity index (χ2n) is 12.6. The molecule has 2 aliphatic rings. The number of nitrogens with zero attached hydrogens (tertiary/aromatic N) is 2. The van der Waals surface area contributed by atoms with E-state index in [1.165, 1.54) is 24.3 Å². The van der Waals surface area contributed by atoms with Gasteiger partial charge in [0.1, 0.15) is 24.6 Å². The monoisotopic (exact) mass is 762 g/mol. The van der Waals surface area contributed by atoms with Crippen LogP contribution in [0.1, 0.15) is 52.1 Å². The van der Waals surface area contributed by atoms with Gasteiger partial charge in [0, 0.05) is 23.0 Å². The second kappa shape index (κ2) is 15.9. The van der Waals surface area contributed by atoms with Gasteiger partial charge in [-0.2, -0.15) is 16.8 Å². The van der Waals surface area contributed by atoms with Gasteiger partial charge in [-0.25, -0.2) is 18.1 Å². The molecule has 0 saturated carbocycles. The van der Waals surface area contributed by atoms with E-state index in [9.17, 15) is 46.2 Å². The van der Waals surface area contributed by atoms with Crippen molar-refractivity contribution in [2.24, 2.45) is 11.8 Å². The van der Waals surface area contributed by atoms with Crippen LogP contribution in [-0.4, -0.2) is 63.5 Å². The highest BCUT2D eigenvalue weighted by atomic mass is 32.2. The number of aromatic hydroxyl groups is 2. The van der Waals surface area contributed by atoms with Crippen LogP contribution in [0.4, 0.5) is 11.4 Å². The van der Waals surface area contributed by atoms with Gasteiger partial charge in [0.05, 0.1) is 11.4 Å². The molecule has 2 aliphatic heterocycles. The molecule has 278 valence electrons. The quantitative estimate of drug-likeness (QED) is 0.163. The zero-order valence-corrected chi connectivity index (χ0v) is 30.4. The number of phenolic OH excluding ortho intramolecular Hbond substituents is 2. The first-order valence-corrected chi connectivity index (χ1v) is 19.5. The van der Waals surface area contributed by atoms with Crippen molar-refractivity contribution in [3.63, 3.8) is 0 Å². The van der Waals surface area contributed by atoms with Crippen LogP contribution in [0.2, 0.25) is 0 Å². The van der Waals surface area contributed by atoms with E-state index in [1.54, 1.807) is 55.5 Å². The Bertz CT molecular complexity index is 2250. The minimum atomic E-state index is -3.98. The van der Waals surface area contributed by atoms with Gasteiger partial charge in [-0.1, -0.05) is 86.6 Å². The van der Waals surface area contributed by atoms with E-state index in [0.29, 0.717) is 41.5 Å². The molecule has 6 rings (SSSR count). The summed E-state index contributed by atoms with van der Waals surface area (Å²) in [6.07, 6.45) is 1.45. The van der Waals surface area contributed by atoms with Crippen molar-refractivity contribution in [1.82, 2.24) is 9.44 Å². The minimum Gasteiger partial charge on any atom is -0.506 e. The average Bonchev–Trinajstić information content (AvgIpc) is 3.57. The number of hydrogen-bond acceptors (Lipinski definition) is 10. The largest absolute Gasteiger partial charge is 0.506 e. The maximum atomic E-state index is 12.7. The summed E-state index contributed by atoms with van der Waals surface area (Å²) >= 11 is 0. The van der Waals surface area contributed by atoms with Crippen LogP contribution in [-0.2, 0) is 42.8 Å². The van der Waals surface area contributed by atoms with Crippen molar-refractivity contribution < 1.29 is 46.2 Å². The van der Waals surface area contributed by atoms with Gasteiger partial charge in [-0.3, -0.25) is 19.2 Å². The smallest absolute Gasteiger partial charge is 0.326 e. The number of carbonyl (C=O) groups excluding carboxylic acids is 4. The fourth-order valence-corrected chi connectivity index (χ4v) is 8.34. The van der Waals surface area contributed by atoms with Crippen molar-refractivity contribution in [1.29, 1.82) is 0 Å². The number of amides is 2. The number of phenols is 2. The molecule has 53 heavy (non-hydrogen) atoms. The van der Waals surface area contributed by atoms with Crippen molar-refractivity contribution in [2.45, 2.75) is 33.1 Å². The topological polar surface area (TPSA) is 208 Å². The molecule has 2 atom stereocenters. The average molecular weight is 763 g/mol. The van der Waals surface area contributed by atoms with Crippen molar-refractivity contribution in [3.05, 3.63) is 119 Å². The lowest BCUT2D eigenvalue weighted by Gasteiger charge is -2.18. The third-order valence-electron chi connectivity index (χ3n) is 8.71. The van der Waals surface area contributed by atoms with Crippen LogP contribution in [0.25, 0.3) is 0 Å². The van der Waals surface area contributed by atoms with Gasteiger partial charge in [0.15, 0.2) is 11.6 Å². The molecule has 14 nitrogen and oxygen atoms in total. The van der Waals surface area contributed by atoms with E-state index in [4.69, 9.17) is 0 Å². The maximum Gasteiger partial charge on any atom is 0.326 e. The molecule has 2 fully saturated rings. The molecular weight excluding hydrogens is 725 g/mol. The van der Waals surface area contributed by atoms with Crippen molar-refractivity contribution in [2.75, 3.05) is 21.7 Å². The summed E-state index contributed by atoms with van der Waals surface area (Å²) in [5.74, 6) is -2.37. The Hall–Kier alpha value is -5.74. The first-order chi connectivity index (χ1) is 25.1. The molecule has 4 N–H and O–H groups in total. The second-order valence-corrected chi connectivity index (χ2v) is 15.8. The Labute approximate surface area is 307 Å². The standard InChI is InChI=1S/C19H20N2O5S.C18H18N2O5S/c1-2-14(19(24)15-6-4-3-5-7-15)10-13-8-9-16(17(22)11-13)21-12-18(23)20-27(21,25)26;1-12(18(23)14-5-3-2-4-6-14)9-13-7-8-15(16(21)10-13)20-11-17(22)19-26(20,24)25/h3-9,11,14,22H,2,10,12H2,1H3,(H,20,23);2-8,10,12,21H,9,11H2,1H3,(H,19,22). The predicted molar refractivity (Wildman–Crippen MR) is 197 cm³/mol. The lowest BCUT2D eigenvalue weighted by Crippen LogP contribution is -2.29. The summed E-state index contributed by atoms with van der Waals surface area (Å²) in [5.41, 5.74) is 2.71. The Balaban J connectivity index is 0.000000204. The zero-order valence-electron chi connectivity index (χ0n) is 28.8. The number of nitrogens with one attached hydrogen (secondary N) is 2. The van der Waals surface area contributed by atoms with E-state index in [2.05, 4.69) is 0 Å². The van der Waals surface area contributed by atoms with Gasteiger partial charge in [0.2, 0.25) is 0 Å². The molecule has 0 radical (unpaired) electrons. The fourth-order valence-electron chi connectivity index (χ4n) is 6.01. The van der Waals surface area contributed by atoms with Gasteiger partial charge in [-0.05, 0) is 54.7 Å². The first-order valence-electron chi connectivity index (χ1n) is 16.6. The Morgan fingerprint density at radius 1 is 0.660 bits per heavy atom. The highest BCUT2D eigenvalue weighted by Gasteiger charge is 2.36. The number of ketones is 2. The predicted octanol–water partition coefficient (Wildman–Crippen LogP) is 3.66. The lowest BCUT2D eigenvalue weighted by molar-refractivity contribution is -0.118. The molecule has 16 heteroatoms. The van der Waals surface area contributed by atoms with Gasteiger partial charge >= 0.3 is 20.4 Å². The van der Waals surface area contributed by atoms with E-state index in [-0.39, 0.29) is 59.4 Å². The van der Waals surface area contributed by atoms with Crippen LogP contribution in [0, 0.1) is 11.8 Å². The third kappa shape index (κ3) is 9.02. The van der Waals surface area contributed by atoms with Gasteiger partial charge in [-0.15, -0.1) is 0 Å². The SMILES string of the molecule is CC(Cc1ccc(N2CC(=O)NS2(=O)=O)c(O)c1)C(=O)c1ccccc1.CCC(Cc1ccc(N2CC(=O)NS2(=O)=O)c(O)c1)C(=O)c1ccccc1. The molecule has 0 aromatic heterocycles. The number of Topliss-reactive ketones (excluding diaryl/α,β-unsaturated/α-hetero) is 2. The molecule has 4 aromatic rings. The summed E-state index contributed by atoms with van der Waals surface area (Å²) in [4.78, 5) is 47.8. The van der Waals surface area contributed by atoms with Gasteiger partial charge in [0.25, 0.3) is 11.8 Å². The highest BCUT2D eigenvalue weighted by Crippen LogP contribution is 2.34. The summed E-state index contributed by atoms with van der Waals surface area (Å²) < 4.78 is 52.9. The molecule has 2 amide bonds. The maximum absolute atomic E-state index is 12.7. The number of anilines is 2. The van der Waals surface area contributed by atoms with E-state index >= 15 is 0 Å². The highest BCUT2D eigenvalue weighted by molar-refractivity contribution is 7.92. The molecule has 2 unspecified atom stereocenters. The molecule has 0 spiro atoms. The van der Waals surface area contributed by atoms with Crippen molar-refractivity contribution in [3.8, 4) is 11.5 Å². The third-order valence-corrected chi connectivity index (χ3v) is 11.5. The summed E-state index contributed by atoms with van der Waals surface area (Å²) in [7, 11) is -7.96. The van der Waals surface area contributed by atoms with E-state index in [0.717, 1.165) is 8.61 Å². The molecular formula is C37H38N4O10S2. The van der Waals surface area contributed by atoms with Crippen LogP contribution >= 0.6 is 0 Å². The molecule has 0 aliphatic carbocycles. The van der Waals surface area contributed by atoms with Crippen LogP contribution in [0.15, 0.2) is 97.1 Å². The lowest BCUT2D eigenvalue weighted by atomic mass is 9.89. The summed E-state index contributed by atoms with van der Waals surface area (Å²) in [6, 6.07) is 27.0. The number of rotatable bonds is 11. The number of benzene rings is 4. The molecule has 0 bridgehead atoms. The van der Waals surface area contributed by atoms with Crippen LogP contribution in [0.5, 0.6) is 11.5 Å². The first kappa shape index (κ1) is 38.5. The van der Waals surface area contributed by atoms with Crippen LogP contribution in [0.3, 0.4) is 0 Å². The Morgan fingerprint density at radius 3 is 1.45 bits per heavy atom. The summed E-state index contributed by atoms with van der Waals surface area (Å²) in [6.45, 7) is 2.97. The van der Waals surface area contributed by atoms with Crippen molar-refractivity contribution >= 4 is 55.2 Å². The number of carbonyl (C=O) groups is 4. The number of hydrogen-bond donors (Lipinski definition) is 4. The molecule has 2 heterocycles.